The van der Waals surface area contributed by atoms with Gasteiger partial charge in [-0.15, -0.1) is 0 Å². The molecule has 0 saturated carbocycles. The number of amides is 2. The molecule has 1 fully saturated rings. The first kappa shape index (κ1) is 9.77. The highest BCUT2D eigenvalue weighted by atomic mass is 16.2. The maximum atomic E-state index is 11.3. The highest BCUT2D eigenvalue weighted by Gasteiger charge is 2.20. The van der Waals surface area contributed by atoms with E-state index >= 15 is 0 Å². The van der Waals surface area contributed by atoms with E-state index < -0.39 is 0 Å². The molecule has 0 aliphatic carbocycles. The summed E-state index contributed by atoms with van der Waals surface area (Å²) < 4.78 is 0. The van der Waals surface area contributed by atoms with Crippen LogP contribution < -0.4 is 10.2 Å². The molecule has 1 N–H and O–H groups in total. The lowest BCUT2D eigenvalue weighted by Crippen LogP contribution is -2.27. The summed E-state index contributed by atoms with van der Waals surface area (Å²) in [7, 11) is 1.53. The lowest BCUT2D eigenvalue weighted by Gasteiger charge is -2.13. The molecule has 2 rings (SSSR count). The van der Waals surface area contributed by atoms with E-state index in [1.807, 2.05) is 0 Å². The number of carbonyl (C=O) groups is 2. The lowest BCUT2D eigenvalue weighted by molar-refractivity contribution is 0.108. The number of benzene rings is 1. The smallest absolute Gasteiger partial charge is 0.321 e. The Morgan fingerprint density at radius 1 is 1.33 bits per heavy atom. The summed E-state index contributed by atoms with van der Waals surface area (Å²) >= 11 is 0. The Labute approximate surface area is 88.7 Å². The van der Waals surface area contributed by atoms with Gasteiger partial charge in [0.1, 0.15) is 5.68 Å². The minimum absolute atomic E-state index is 0.0347. The standard InChI is InChI=1S/C10H11BN2O2/c11-9(14)7-1-3-8(4-2-7)13-6-5-12-10(13)15/h1-4H,5-6,11H2,(H,12,15). The normalized spacial score (nSPS) is 15.2. The maximum Gasteiger partial charge on any atom is 0.321 e. The van der Waals surface area contributed by atoms with Crippen molar-refractivity contribution in [2.24, 2.45) is 0 Å². The van der Waals surface area contributed by atoms with Gasteiger partial charge in [-0.25, -0.2) is 4.79 Å². The topological polar surface area (TPSA) is 49.4 Å². The van der Waals surface area contributed by atoms with Gasteiger partial charge in [0, 0.05) is 24.3 Å². The van der Waals surface area contributed by atoms with Crippen LogP contribution in [-0.4, -0.2) is 32.6 Å². The van der Waals surface area contributed by atoms with Crippen molar-refractivity contribution in [1.29, 1.82) is 0 Å². The second-order valence-electron chi connectivity index (χ2n) is 3.49. The van der Waals surface area contributed by atoms with Crippen LogP contribution in [0.1, 0.15) is 10.4 Å². The highest BCUT2D eigenvalue weighted by molar-refractivity contribution is 6.62. The third-order valence-corrected chi connectivity index (χ3v) is 2.44. The average Bonchev–Trinajstić information content (AvgIpc) is 2.65. The molecule has 1 aromatic carbocycles. The SMILES string of the molecule is BC(=O)c1ccc(N2CCNC2=O)cc1. The molecule has 0 radical (unpaired) electrons. The Bertz CT molecular complexity index is 402. The van der Waals surface area contributed by atoms with Crippen LogP contribution in [0.4, 0.5) is 10.5 Å². The lowest BCUT2D eigenvalue weighted by atomic mass is 9.95. The monoisotopic (exact) mass is 202 g/mol. The zero-order valence-electron chi connectivity index (χ0n) is 8.49. The molecule has 0 aromatic heterocycles. The van der Waals surface area contributed by atoms with E-state index in [1.54, 1.807) is 29.2 Å². The van der Waals surface area contributed by atoms with E-state index in [2.05, 4.69) is 5.32 Å². The van der Waals surface area contributed by atoms with Crippen LogP contribution in [0.3, 0.4) is 0 Å². The summed E-state index contributed by atoms with van der Waals surface area (Å²) in [4.78, 5) is 24.0. The fourth-order valence-electron chi connectivity index (χ4n) is 1.59. The zero-order valence-corrected chi connectivity index (χ0v) is 8.49. The summed E-state index contributed by atoms with van der Waals surface area (Å²) in [5, 5.41) is 2.73. The second-order valence-corrected chi connectivity index (χ2v) is 3.49. The third-order valence-electron chi connectivity index (χ3n) is 2.44. The van der Waals surface area contributed by atoms with Crippen LogP contribution >= 0.6 is 0 Å². The largest absolute Gasteiger partial charge is 0.336 e. The van der Waals surface area contributed by atoms with Crippen molar-refractivity contribution in [3.8, 4) is 0 Å². The maximum absolute atomic E-state index is 11.3. The van der Waals surface area contributed by atoms with E-state index in [-0.39, 0.29) is 11.7 Å². The molecular weight excluding hydrogens is 191 g/mol. The van der Waals surface area contributed by atoms with E-state index in [4.69, 9.17) is 0 Å². The van der Waals surface area contributed by atoms with Crippen molar-refractivity contribution in [3.63, 3.8) is 0 Å². The number of hydrogen-bond acceptors (Lipinski definition) is 2. The average molecular weight is 202 g/mol. The summed E-state index contributed by atoms with van der Waals surface area (Å²) in [5.74, 6) is 0. The van der Waals surface area contributed by atoms with Crippen molar-refractivity contribution >= 4 is 25.2 Å². The Kier molecular flexibility index (Phi) is 2.45. The summed E-state index contributed by atoms with van der Waals surface area (Å²) in [6.07, 6.45) is 0. The molecule has 0 unspecified atom stereocenters. The number of urea groups is 1. The van der Waals surface area contributed by atoms with Crippen LogP contribution in [-0.2, 0) is 0 Å². The number of anilines is 1. The van der Waals surface area contributed by atoms with Gasteiger partial charge in [-0.3, -0.25) is 4.90 Å². The Morgan fingerprint density at radius 3 is 2.47 bits per heavy atom. The van der Waals surface area contributed by atoms with Gasteiger partial charge in [0.25, 0.3) is 0 Å². The van der Waals surface area contributed by atoms with Crippen LogP contribution in [0.15, 0.2) is 24.3 Å². The summed E-state index contributed by atoms with van der Waals surface area (Å²) in [6.45, 7) is 1.35. The predicted octanol–water partition coefficient (Wildman–Crippen LogP) is -0.0105. The van der Waals surface area contributed by atoms with Gasteiger partial charge >= 0.3 is 6.03 Å². The molecule has 0 bridgehead atoms. The quantitative estimate of drug-likeness (QED) is 0.685. The molecule has 1 aliphatic rings. The first-order chi connectivity index (χ1) is 7.18. The van der Waals surface area contributed by atoms with Crippen molar-refractivity contribution in [2.75, 3.05) is 18.0 Å². The van der Waals surface area contributed by atoms with Crippen LogP contribution in [0.5, 0.6) is 0 Å². The van der Waals surface area contributed by atoms with Gasteiger partial charge < -0.3 is 10.1 Å². The van der Waals surface area contributed by atoms with Crippen molar-refractivity contribution in [2.45, 2.75) is 0 Å². The van der Waals surface area contributed by atoms with Gasteiger partial charge in [-0.1, -0.05) is 12.1 Å². The summed E-state index contributed by atoms with van der Waals surface area (Å²) in [5.41, 5.74) is 1.53. The van der Waals surface area contributed by atoms with E-state index in [1.165, 1.54) is 7.85 Å². The number of nitrogens with zero attached hydrogens (tertiary/aromatic N) is 1. The number of carbonyl (C=O) groups excluding carboxylic acids is 2. The fraction of sp³-hybridized carbons (Fsp3) is 0.200. The number of nitrogens with one attached hydrogen (secondary N) is 1. The van der Waals surface area contributed by atoms with Gasteiger partial charge in [0.05, 0.1) is 0 Å². The Hall–Kier alpha value is -1.78. The highest BCUT2D eigenvalue weighted by Crippen LogP contribution is 2.16. The molecule has 0 spiro atoms. The Morgan fingerprint density at radius 2 is 2.00 bits per heavy atom. The second kappa shape index (κ2) is 3.77. The van der Waals surface area contributed by atoms with E-state index in [9.17, 15) is 9.59 Å². The van der Waals surface area contributed by atoms with E-state index in [0.29, 0.717) is 18.7 Å². The van der Waals surface area contributed by atoms with Gasteiger partial charge in [-0.2, -0.15) is 0 Å². The van der Waals surface area contributed by atoms with Crippen molar-refractivity contribution in [1.82, 2.24) is 5.32 Å². The van der Waals surface area contributed by atoms with Gasteiger partial charge in [0.2, 0.25) is 0 Å². The molecule has 1 heterocycles. The molecule has 15 heavy (non-hydrogen) atoms. The molecule has 5 heteroatoms. The van der Waals surface area contributed by atoms with Crippen LogP contribution in [0.2, 0.25) is 0 Å². The van der Waals surface area contributed by atoms with Gasteiger partial charge in [0.15, 0.2) is 7.85 Å². The number of hydrogen-bond donors (Lipinski definition) is 1. The van der Waals surface area contributed by atoms with Crippen LogP contribution in [0, 0.1) is 0 Å². The predicted molar refractivity (Wildman–Crippen MR) is 60.1 cm³/mol. The molecule has 1 aromatic rings. The molecule has 76 valence electrons. The van der Waals surface area contributed by atoms with Crippen molar-refractivity contribution < 1.29 is 9.59 Å². The molecular formula is C10H11BN2O2. The Balaban J connectivity index is 2.23. The molecule has 4 nitrogen and oxygen atoms in total. The number of rotatable bonds is 2. The summed E-state index contributed by atoms with van der Waals surface area (Å²) in [6, 6.07) is 6.99. The molecule has 1 saturated heterocycles. The van der Waals surface area contributed by atoms with Gasteiger partial charge in [-0.05, 0) is 12.1 Å². The molecule has 1 aliphatic heterocycles. The third kappa shape index (κ3) is 1.86. The fourth-order valence-corrected chi connectivity index (χ4v) is 1.59. The minimum Gasteiger partial charge on any atom is -0.336 e. The van der Waals surface area contributed by atoms with Crippen LogP contribution in [0.25, 0.3) is 0 Å². The molecule has 0 atom stereocenters. The first-order valence-electron chi connectivity index (χ1n) is 4.85. The zero-order chi connectivity index (χ0) is 10.8. The molecule has 2 amide bonds. The van der Waals surface area contributed by atoms with Crippen molar-refractivity contribution in [3.05, 3.63) is 29.8 Å². The minimum atomic E-state index is -0.0782. The first-order valence-corrected chi connectivity index (χ1v) is 4.85. The van der Waals surface area contributed by atoms with E-state index in [0.717, 1.165) is 5.69 Å².